The molecule has 2 saturated heterocycles. The molecule has 3 rings (SSSR count). The minimum absolute atomic E-state index is 0.178. The first-order chi connectivity index (χ1) is 13.1. The van der Waals surface area contributed by atoms with Crippen molar-refractivity contribution >= 4 is 11.8 Å². The molecule has 7 nitrogen and oxygen atoms in total. The number of piperazine rings is 2. The highest BCUT2D eigenvalue weighted by Crippen LogP contribution is 2.23. The summed E-state index contributed by atoms with van der Waals surface area (Å²) in [6, 6.07) is 0.381. The Labute approximate surface area is 163 Å². The van der Waals surface area contributed by atoms with Crippen molar-refractivity contribution in [1.29, 1.82) is 0 Å². The Bertz CT molecular complexity index is 479. The van der Waals surface area contributed by atoms with E-state index in [1.54, 1.807) is 0 Å². The second-order valence-electron chi connectivity index (χ2n) is 8.52. The molecular formula is C20H37N5O2. The van der Waals surface area contributed by atoms with Crippen LogP contribution in [0.25, 0.3) is 0 Å². The lowest BCUT2D eigenvalue weighted by Crippen LogP contribution is -2.51. The Balaban J connectivity index is 1.28. The van der Waals surface area contributed by atoms with E-state index in [0.717, 1.165) is 77.7 Å². The largest absolute Gasteiger partial charge is 0.352 e. The molecule has 2 aliphatic heterocycles. The zero-order chi connectivity index (χ0) is 19.1. The summed E-state index contributed by atoms with van der Waals surface area (Å²) in [5.74, 6) is 1.27. The summed E-state index contributed by atoms with van der Waals surface area (Å²) in [7, 11) is 0. The highest BCUT2D eigenvalue weighted by molar-refractivity contribution is 5.78. The van der Waals surface area contributed by atoms with Gasteiger partial charge in [-0.1, -0.05) is 6.92 Å². The maximum atomic E-state index is 12.3. The van der Waals surface area contributed by atoms with Crippen LogP contribution < -0.4 is 10.6 Å². The highest BCUT2D eigenvalue weighted by Gasteiger charge is 2.23. The van der Waals surface area contributed by atoms with Gasteiger partial charge in [0.1, 0.15) is 0 Å². The average Bonchev–Trinajstić information content (AvgIpc) is 2.69. The van der Waals surface area contributed by atoms with E-state index < -0.39 is 0 Å². The van der Waals surface area contributed by atoms with Crippen LogP contribution in [0.3, 0.4) is 0 Å². The molecule has 7 heteroatoms. The number of amides is 2. The van der Waals surface area contributed by atoms with Crippen LogP contribution in [-0.4, -0.2) is 98.0 Å². The number of rotatable bonds is 6. The maximum Gasteiger partial charge on any atom is 0.234 e. The summed E-state index contributed by atoms with van der Waals surface area (Å²) in [6.45, 7) is 10.9. The van der Waals surface area contributed by atoms with Gasteiger partial charge < -0.3 is 20.4 Å². The van der Waals surface area contributed by atoms with E-state index >= 15 is 0 Å². The van der Waals surface area contributed by atoms with Gasteiger partial charge in [-0.25, -0.2) is 0 Å². The van der Waals surface area contributed by atoms with Gasteiger partial charge in [0, 0.05) is 71.4 Å². The highest BCUT2D eigenvalue weighted by atomic mass is 16.2. The van der Waals surface area contributed by atoms with Crippen molar-refractivity contribution in [1.82, 2.24) is 25.3 Å². The first kappa shape index (κ1) is 20.6. The molecule has 154 valence electrons. The molecule has 3 aliphatic rings. The fraction of sp³-hybridized carbons (Fsp3) is 0.900. The summed E-state index contributed by atoms with van der Waals surface area (Å²) >= 11 is 0. The summed E-state index contributed by atoms with van der Waals surface area (Å²) in [6.07, 6.45) is 5.33. The van der Waals surface area contributed by atoms with E-state index in [0.29, 0.717) is 19.0 Å². The molecule has 0 bridgehead atoms. The predicted molar refractivity (Wildman–Crippen MR) is 107 cm³/mol. The van der Waals surface area contributed by atoms with Crippen LogP contribution in [0.4, 0.5) is 0 Å². The Morgan fingerprint density at radius 2 is 1.56 bits per heavy atom. The standard InChI is InChI=1S/C20H37N5O2/c1-17-2-4-18(5-3-17)22-19(26)16-24-14-12-23(13-15-24)9-6-20(27)25-10-7-21-8-11-25/h17-18,21H,2-16H2,1H3,(H,22,26). The molecule has 27 heavy (non-hydrogen) atoms. The van der Waals surface area contributed by atoms with E-state index in [4.69, 9.17) is 0 Å². The molecule has 2 amide bonds. The summed E-state index contributed by atoms with van der Waals surface area (Å²) in [4.78, 5) is 31.2. The topological polar surface area (TPSA) is 67.9 Å². The van der Waals surface area contributed by atoms with Crippen LogP contribution in [0, 0.1) is 5.92 Å². The van der Waals surface area contributed by atoms with Crippen LogP contribution in [0.5, 0.6) is 0 Å². The van der Waals surface area contributed by atoms with Crippen LogP contribution in [0.1, 0.15) is 39.0 Å². The number of carbonyl (C=O) groups is 2. The fourth-order valence-corrected chi connectivity index (χ4v) is 4.38. The van der Waals surface area contributed by atoms with Crippen LogP contribution in [0.15, 0.2) is 0 Å². The first-order valence-electron chi connectivity index (χ1n) is 10.8. The first-order valence-corrected chi connectivity index (χ1v) is 10.8. The third-order valence-corrected chi connectivity index (χ3v) is 6.32. The van der Waals surface area contributed by atoms with Crippen molar-refractivity contribution in [2.24, 2.45) is 5.92 Å². The Morgan fingerprint density at radius 1 is 0.926 bits per heavy atom. The third kappa shape index (κ3) is 6.73. The van der Waals surface area contributed by atoms with Gasteiger partial charge in [0.25, 0.3) is 0 Å². The second-order valence-corrected chi connectivity index (χ2v) is 8.52. The molecule has 3 fully saturated rings. The number of nitrogens with one attached hydrogen (secondary N) is 2. The number of carbonyl (C=O) groups excluding carboxylic acids is 2. The van der Waals surface area contributed by atoms with E-state index in [1.807, 2.05) is 4.90 Å². The Kier molecular flexibility index (Phi) is 7.91. The Morgan fingerprint density at radius 3 is 2.22 bits per heavy atom. The molecule has 0 aromatic carbocycles. The molecule has 0 unspecified atom stereocenters. The zero-order valence-electron chi connectivity index (χ0n) is 16.9. The molecule has 0 aromatic rings. The van der Waals surface area contributed by atoms with E-state index in [-0.39, 0.29) is 11.8 Å². The minimum Gasteiger partial charge on any atom is -0.352 e. The van der Waals surface area contributed by atoms with E-state index in [9.17, 15) is 9.59 Å². The summed E-state index contributed by atoms with van der Waals surface area (Å²) < 4.78 is 0. The molecule has 0 atom stereocenters. The summed E-state index contributed by atoms with van der Waals surface area (Å²) in [5.41, 5.74) is 0. The number of hydrogen-bond donors (Lipinski definition) is 2. The van der Waals surface area contributed by atoms with Crippen LogP contribution in [-0.2, 0) is 9.59 Å². The van der Waals surface area contributed by atoms with Crippen molar-refractivity contribution in [3.8, 4) is 0 Å². The van der Waals surface area contributed by atoms with Crippen molar-refractivity contribution in [2.45, 2.75) is 45.1 Å². The minimum atomic E-state index is 0.178. The average molecular weight is 380 g/mol. The van der Waals surface area contributed by atoms with E-state index in [2.05, 4.69) is 27.4 Å². The molecule has 0 radical (unpaired) electrons. The zero-order valence-corrected chi connectivity index (χ0v) is 16.9. The lowest BCUT2D eigenvalue weighted by atomic mass is 9.87. The second kappa shape index (κ2) is 10.4. The van der Waals surface area contributed by atoms with Gasteiger partial charge in [0.15, 0.2) is 0 Å². The van der Waals surface area contributed by atoms with Gasteiger partial charge in [-0.2, -0.15) is 0 Å². The molecule has 0 spiro atoms. The van der Waals surface area contributed by atoms with Crippen molar-refractivity contribution in [2.75, 3.05) is 65.4 Å². The molecule has 1 aliphatic carbocycles. The molecule has 0 aromatic heterocycles. The molecule has 2 N–H and O–H groups in total. The monoisotopic (exact) mass is 379 g/mol. The van der Waals surface area contributed by atoms with Gasteiger partial charge in [0.2, 0.25) is 11.8 Å². The van der Waals surface area contributed by atoms with Crippen molar-refractivity contribution < 1.29 is 9.59 Å². The SMILES string of the molecule is CC1CCC(NC(=O)CN2CCN(CCC(=O)N3CCNCC3)CC2)CC1. The van der Waals surface area contributed by atoms with Gasteiger partial charge in [0.05, 0.1) is 6.54 Å². The van der Waals surface area contributed by atoms with Crippen molar-refractivity contribution in [3.63, 3.8) is 0 Å². The third-order valence-electron chi connectivity index (χ3n) is 6.32. The van der Waals surface area contributed by atoms with Gasteiger partial charge in [-0.15, -0.1) is 0 Å². The molecule has 1 saturated carbocycles. The fourth-order valence-electron chi connectivity index (χ4n) is 4.38. The quantitative estimate of drug-likeness (QED) is 0.686. The van der Waals surface area contributed by atoms with E-state index in [1.165, 1.54) is 12.8 Å². The van der Waals surface area contributed by atoms with Gasteiger partial charge >= 0.3 is 0 Å². The van der Waals surface area contributed by atoms with Crippen LogP contribution in [0.2, 0.25) is 0 Å². The predicted octanol–water partition coefficient (Wildman–Crippen LogP) is 0.121. The molecule has 2 heterocycles. The Hall–Kier alpha value is -1.18. The molecular weight excluding hydrogens is 342 g/mol. The summed E-state index contributed by atoms with van der Waals surface area (Å²) in [5, 5.41) is 6.51. The smallest absolute Gasteiger partial charge is 0.234 e. The number of nitrogens with zero attached hydrogens (tertiary/aromatic N) is 3. The lowest BCUT2D eigenvalue weighted by Gasteiger charge is -2.35. The lowest BCUT2D eigenvalue weighted by molar-refractivity contribution is -0.132. The van der Waals surface area contributed by atoms with Gasteiger partial charge in [-0.05, 0) is 31.6 Å². The normalized spacial score (nSPS) is 28.1. The number of hydrogen-bond acceptors (Lipinski definition) is 5. The van der Waals surface area contributed by atoms with Crippen molar-refractivity contribution in [3.05, 3.63) is 0 Å². The maximum absolute atomic E-state index is 12.3. The van der Waals surface area contributed by atoms with Gasteiger partial charge in [-0.3, -0.25) is 14.5 Å². The van der Waals surface area contributed by atoms with Crippen LogP contribution >= 0.6 is 0 Å².